The number of carbonyl (C=O) groups is 1. The molecule has 0 aliphatic rings. The lowest BCUT2D eigenvalue weighted by Crippen LogP contribution is -2.40. The van der Waals surface area contributed by atoms with Crippen LogP contribution in [0.25, 0.3) is 0 Å². The minimum Gasteiger partial charge on any atom is -0.287 e. The fraction of sp³-hybridized carbons (Fsp3) is 0.316. The van der Waals surface area contributed by atoms with Crippen molar-refractivity contribution in [3.63, 3.8) is 0 Å². The summed E-state index contributed by atoms with van der Waals surface area (Å²) in [6.07, 6.45) is 4.52. The Morgan fingerprint density at radius 2 is 1.87 bits per heavy atom. The number of nitrogens with one attached hydrogen (secondary N) is 2. The maximum absolute atomic E-state index is 12.3. The van der Waals surface area contributed by atoms with Crippen LogP contribution in [0, 0.1) is 0 Å². The Labute approximate surface area is 146 Å². The van der Waals surface area contributed by atoms with Crippen LogP contribution in [0.2, 0.25) is 0 Å². The first-order chi connectivity index (χ1) is 11.2. The Bertz CT molecular complexity index is 616. The molecule has 0 spiro atoms. The standard InChI is InChI=1S/C19H23BrN2O/c1-2-3-5-13-18(15-9-6-4-7-10-15)21-22-19(23)16-11-8-12-17(20)14-16/h4,6-12,14,18,21H,2-3,5,13H2,1H3,(H,22,23). The monoisotopic (exact) mass is 374 g/mol. The van der Waals surface area contributed by atoms with E-state index >= 15 is 0 Å². The number of unbranched alkanes of at least 4 members (excludes halogenated alkanes) is 2. The summed E-state index contributed by atoms with van der Waals surface area (Å²) >= 11 is 3.39. The van der Waals surface area contributed by atoms with Gasteiger partial charge in [-0.2, -0.15) is 0 Å². The SMILES string of the molecule is CCCCCC(NNC(=O)c1cccc(Br)c1)c1ccccc1. The van der Waals surface area contributed by atoms with Gasteiger partial charge in [0.25, 0.3) is 5.91 Å². The molecule has 0 saturated heterocycles. The Morgan fingerprint density at radius 1 is 1.09 bits per heavy atom. The fourth-order valence-corrected chi connectivity index (χ4v) is 2.86. The molecule has 0 bridgehead atoms. The summed E-state index contributed by atoms with van der Waals surface area (Å²) in [4.78, 5) is 12.3. The quantitative estimate of drug-likeness (QED) is 0.503. The molecule has 4 heteroatoms. The molecule has 2 N–H and O–H groups in total. The van der Waals surface area contributed by atoms with Crippen LogP contribution in [0.1, 0.15) is 54.6 Å². The van der Waals surface area contributed by atoms with Gasteiger partial charge >= 0.3 is 0 Å². The smallest absolute Gasteiger partial charge is 0.265 e. The third-order valence-corrected chi connectivity index (χ3v) is 4.24. The number of hydrazine groups is 1. The molecule has 23 heavy (non-hydrogen) atoms. The van der Waals surface area contributed by atoms with Crippen molar-refractivity contribution >= 4 is 21.8 Å². The zero-order valence-electron chi connectivity index (χ0n) is 13.4. The number of amides is 1. The van der Waals surface area contributed by atoms with Gasteiger partial charge in [0.15, 0.2) is 0 Å². The first-order valence-electron chi connectivity index (χ1n) is 8.07. The predicted molar refractivity (Wildman–Crippen MR) is 98.1 cm³/mol. The molecule has 0 saturated carbocycles. The number of benzene rings is 2. The van der Waals surface area contributed by atoms with E-state index in [9.17, 15) is 4.79 Å². The molecule has 122 valence electrons. The summed E-state index contributed by atoms with van der Waals surface area (Å²) in [5, 5.41) is 0. The number of halogens is 1. The van der Waals surface area contributed by atoms with Gasteiger partial charge in [-0.25, -0.2) is 5.43 Å². The molecule has 3 nitrogen and oxygen atoms in total. The van der Waals surface area contributed by atoms with Crippen LogP contribution < -0.4 is 10.9 Å². The third kappa shape index (κ3) is 5.81. The minimum absolute atomic E-state index is 0.122. The van der Waals surface area contributed by atoms with Crippen molar-refractivity contribution in [2.45, 2.75) is 38.6 Å². The Kier molecular flexibility index (Phi) is 7.30. The highest BCUT2D eigenvalue weighted by Gasteiger charge is 2.12. The van der Waals surface area contributed by atoms with Gasteiger partial charge in [-0.1, -0.05) is 78.5 Å². The summed E-state index contributed by atoms with van der Waals surface area (Å²) < 4.78 is 0.896. The number of carbonyl (C=O) groups excluding carboxylic acids is 1. The van der Waals surface area contributed by atoms with E-state index in [1.54, 1.807) is 6.07 Å². The van der Waals surface area contributed by atoms with Crippen LogP contribution in [-0.4, -0.2) is 5.91 Å². The van der Waals surface area contributed by atoms with Crippen molar-refractivity contribution < 1.29 is 4.79 Å². The molecule has 0 aliphatic carbocycles. The van der Waals surface area contributed by atoms with Crippen LogP contribution in [0.5, 0.6) is 0 Å². The van der Waals surface area contributed by atoms with Crippen molar-refractivity contribution in [1.82, 2.24) is 10.9 Å². The van der Waals surface area contributed by atoms with Crippen molar-refractivity contribution in [1.29, 1.82) is 0 Å². The van der Waals surface area contributed by atoms with Crippen LogP contribution in [0.15, 0.2) is 59.1 Å². The average molecular weight is 375 g/mol. The number of hydrogen-bond donors (Lipinski definition) is 2. The molecule has 1 unspecified atom stereocenters. The normalized spacial score (nSPS) is 11.9. The second-order valence-electron chi connectivity index (χ2n) is 5.57. The highest BCUT2D eigenvalue weighted by Crippen LogP contribution is 2.19. The molecular weight excluding hydrogens is 352 g/mol. The van der Waals surface area contributed by atoms with E-state index in [-0.39, 0.29) is 11.9 Å². The van der Waals surface area contributed by atoms with E-state index in [0.717, 1.165) is 17.3 Å². The number of rotatable bonds is 8. The molecule has 0 fully saturated rings. The summed E-state index contributed by atoms with van der Waals surface area (Å²) in [6, 6.07) is 17.7. The lowest BCUT2D eigenvalue weighted by Gasteiger charge is -2.20. The maximum Gasteiger partial charge on any atom is 0.265 e. The second kappa shape index (κ2) is 9.48. The second-order valence-corrected chi connectivity index (χ2v) is 6.48. The zero-order valence-corrected chi connectivity index (χ0v) is 15.0. The van der Waals surface area contributed by atoms with Gasteiger partial charge in [-0.3, -0.25) is 10.2 Å². The van der Waals surface area contributed by atoms with Crippen LogP contribution in [-0.2, 0) is 0 Å². The van der Waals surface area contributed by atoms with Crippen molar-refractivity contribution in [3.05, 3.63) is 70.2 Å². The van der Waals surface area contributed by atoms with Crippen molar-refractivity contribution in [2.24, 2.45) is 0 Å². The lowest BCUT2D eigenvalue weighted by atomic mass is 10.0. The van der Waals surface area contributed by atoms with Crippen molar-refractivity contribution in [2.75, 3.05) is 0 Å². The Hall–Kier alpha value is -1.65. The highest BCUT2D eigenvalue weighted by atomic mass is 79.9. The van der Waals surface area contributed by atoms with E-state index in [4.69, 9.17) is 0 Å². The maximum atomic E-state index is 12.3. The van der Waals surface area contributed by atoms with E-state index in [2.05, 4.69) is 45.8 Å². The Balaban J connectivity index is 1.98. The average Bonchev–Trinajstić information content (AvgIpc) is 2.58. The van der Waals surface area contributed by atoms with Gasteiger partial charge in [-0.05, 0) is 30.2 Å². The summed E-state index contributed by atoms with van der Waals surface area (Å²) in [7, 11) is 0. The zero-order chi connectivity index (χ0) is 16.5. The molecule has 0 aliphatic heterocycles. The summed E-state index contributed by atoms with van der Waals surface area (Å²) in [6.45, 7) is 2.19. The van der Waals surface area contributed by atoms with E-state index in [1.807, 2.05) is 36.4 Å². The Morgan fingerprint density at radius 3 is 2.57 bits per heavy atom. The van der Waals surface area contributed by atoms with Gasteiger partial charge in [0.05, 0.1) is 6.04 Å². The lowest BCUT2D eigenvalue weighted by molar-refractivity contribution is 0.0923. The van der Waals surface area contributed by atoms with Crippen LogP contribution in [0.3, 0.4) is 0 Å². The minimum atomic E-state index is -0.122. The first-order valence-corrected chi connectivity index (χ1v) is 8.86. The topological polar surface area (TPSA) is 41.1 Å². The summed E-state index contributed by atoms with van der Waals surface area (Å²) in [5.74, 6) is -0.122. The molecule has 1 atom stereocenters. The summed E-state index contributed by atoms with van der Waals surface area (Å²) in [5.41, 5.74) is 7.86. The molecule has 2 aromatic carbocycles. The van der Waals surface area contributed by atoms with Crippen LogP contribution in [0.4, 0.5) is 0 Å². The van der Waals surface area contributed by atoms with Gasteiger partial charge in [0.1, 0.15) is 0 Å². The molecule has 1 amide bonds. The van der Waals surface area contributed by atoms with Gasteiger partial charge in [-0.15, -0.1) is 0 Å². The van der Waals surface area contributed by atoms with E-state index in [1.165, 1.54) is 18.4 Å². The fourth-order valence-electron chi connectivity index (χ4n) is 2.46. The van der Waals surface area contributed by atoms with Crippen LogP contribution >= 0.6 is 15.9 Å². The van der Waals surface area contributed by atoms with Gasteiger partial charge < -0.3 is 0 Å². The predicted octanol–water partition coefficient (Wildman–Crippen LogP) is 5.01. The van der Waals surface area contributed by atoms with E-state index < -0.39 is 0 Å². The highest BCUT2D eigenvalue weighted by molar-refractivity contribution is 9.10. The molecular formula is C19H23BrN2O. The van der Waals surface area contributed by atoms with Crippen molar-refractivity contribution in [3.8, 4) is 0 Å². The third-order valence-electron chi connectivity index (χ3n) is 3.75. The number of hydrogen-bond acceptors (Lipinski definition) is 2. The molecule has 2 rings (SSSR count). The molecule has 2 aromatic rings. The van der Waals surface area contributed by atoms with E-state index in [0.29, 0.717) is 5.56 Å². The molecule has 0 aromatic heterocycles. The van der Waals surface area contributed by atoms with Gasteiger partial charge in [0.2, 0.25) is 0 Å². The largest absolute Gasteiger partial charge is 0.287 e. The van der Waals surface area contributed by atoms with Gasteiger partial charge in [0, 0.05) is 10.0 Å². The first kappa shape index (κ1) is 17.7. The molecule has 0 heterocycles. The molecule has 0 radical (unpaired) electrons.